The van der Waals surface area contributed by atoms with Crippen LogP contribution in [0.3, 0.4) is 0 Å². The first-order valence-corrected chi connectivity index (χ1v) is 8.62. The fraction of sp³-hybridized carbons (Fsp3) is 0.125. The Morgan fingerprint density at radius 1 is 1.21 bits per heavy atom. The molecule has 0 atom stereocenters. The van der Waals surface area contributed by atoms with Crippen LogP contribution >= 0.6 is 23.4 Å². The van der Waals surface area contributed by atoms with E-state index in [0.29, 0.717) is 5.02 Å². The van der Waals surface area contributed by atoms with Crippen molar-refractivity contribution in [2.75, 3.05) is 5.75 Å². The molecule has 3 aromatic rings. The first-order chi connectivity index (χ1) is 11.6. The van der Waals surface area contributed by atoms with Gasteiger partial charge in [0.25, 0.3) is 5.69 Å². The van der Waals surface area contributed by atoms with Crippen LogP contribution < -0.4 is 0 Å². The predicted octanol–water partition coefficient (Wildman–Crippen LogP) is 4.14. The molecule has 0 bridgehead atoms. The molecule has 4 rings (SSSR count). The molecule has 120 valence electrons. The lowest BCUT2D eigenvalue weighted by Crippen LogP contribution is -2.00. The number of nitro benzene ring substituents is 1. The molecule has 2 heterocycles. The van der Waals surface area contributed by atoms with Crippen molar-refractivity contribution >= 4 is 29.1 Å². The van der Waals surface area contributed by atoms with Gasteiger partial charge in [0.1, 0.15) is 0 Å². The number of fused-ring (bicyclic) bond motifs is 3. The fourth-order valence-electron chi connectivity index (χ4n) is 2.72. The lowest BCUT2D eigenvalue weighted by Gasteiger charge is -2.10. The number of nitro groups is 1. The van der Waals surface area contributed by atoms with Crippen LogP contribution in [-0.4, -0.2) is 25.7 Å². The first kappa shape index (κ1) is 15.2. The van der Waals surface area contributed by atoms with Crippen LogP contribution in [-0.2, 0) is 6.42 Å². The SMILES string of the molecule is O=[N+]([O-])c1ccc(-n2nnc3c2-c2cc(Cl)ccc2SCC3)cc1. The summed E-state index contributed by atoms with van der Waals surface area (Å²) in [4.78, 5) is 11.5. The normalized spacial score (nSPS) is 13.0. The number of benzene rings is 2. The molecule has 24 heavy (non-hydrogen) atoms. The van der Waals surface area contributed by atoms with E-state index >= 15 is 0 Å². The number of aryl methyl sites for hydroxylation is 1. The van der Waals surface area contributed by atoms with E-state index in [1.165, 1.54) is 12.1 Å². The summed E-state index contributed by atoms with van der Waals surface area (Å²) in [6.07, 6.45) is 0.805. The summed E-state index contributed by atoms with van der Waals surface area (Å²) in [5.41, 5.74) is 3.56. The van der Waals surface area contributed by atoms with Crippen molar-refractivity contribution in [3.8, 4) is 16.9 Å². The maximum absolute atomic E-state index is 10.8. The molecule has 0 radical (unpaired) electrons. The van der Waals surface area contributed by atoms with Gasteiger partial charge >= 0.3 is 0 Å². The third-order valence-electron chi connectivity index (χ3n) is 3.84. The largest absolute Gasteiger partial charge is 0.269 e. The second-order valence-electron chi connectivity index (χ2n) is 5.31. The van der Waals surface area contributed by atoms with E-state index in [9.17, 15) is 10.1 Å². The molecule has 0 saturated heterocycles. The van der Waals surface area contributed by atoms with Gasteiger partial charge in [-0.15, -0.1) is 16.9 Å². The van der Waals surface area contributed by atoms with E-state index in [4.69, 9.17) is 11.6 Å². The smallest absolute Gasteiger partial charge is 0.258 e. The van der Waals surface area contributed by atoms with Crippen molar-refractivity contribution in [3.05, 3.63) is 63.3 Å². The van der Waals surface area contributed by atoms with E-state index < -0.39 is 4.92 Å². The highest BCUT2D eigenvalue weighted by Gasteiger charge is 2.22. The summed E-state index contributed by atoms with van der Waals surface area (Å²) in [6.45, 7) is 0. The number of non-ortho nitro benzene ring substituents is 1. The summed E-state index contributed by atoms with van der Waals surface area (Å²) < 4.78 is 1.72. The van der Waals surface area contributed by atoms with Crippen LogP contribution in [0.2, 0.25) is 5.02 Å². The number of nitrogens with zero attached hydrogens (tertiary/aromatic N) is 4. The second-order valence-corrected chi connectivity index (χ2v) is 6.88. The monoisotopic (exact) mass is 358 g/mol. The molecule has 0 spiro atoms. The Bertz CT molecular complexity index is 940. The van der Waals surface area contributed by atoms with Crippen molar-refractivity contribution < 1.29 is 4.92 Å². The van der Waals surface area contributed by atoms with Crippen LogP contribution in [0.25, 0.3) is 16.9 Å². The molecule has 0 amide bonds. The minimum absolute atomic E-state index is 0.0453. The number of rotatable bonds is 2. The van der Waals surface area contributed by atoms with Crippen molar-refractivity contribution in [2.24, 2.45) is 0 Å². The molecule has 6 nitrogen and oxygen atoms in total. The van der Waals surface area contributed by atoms with Gasteiger partial charge in [0.05, 0.1) is 22.0 Å². The Hall–Kier alpha value is -2.38. The number of hydrogen-bond acceptors (Lipinski definition) is 5. The number of aromatic nitrogens is 3. The third-order valence-corrected chi connectivity index (χ3v) is 5.15. The van der Waals surface area contributed by atoms with E-state index in [-0.39, 0.29) is 5.69 Å². The van der Waals surface area contributed by atoms with Gasteiger partial charge < -0.3 is 0 Å². The Balaban J connectivity index is 1.89. The lowest BCUT2D eigenvalue weighted by atomic mass is 10.1. The first-order valence-electron chi connectivity index (χ1n) is 7.25. The zero-order chi connectivity index (χ0) is 16.7. The van der Waals surface area contributed by atoms with E-state index in [2.05, 4.69) is 10.3 Å². The van der Waals surface area contributed by atoms with E-state index in [1.807, 2.05) is 18.2 Å². The second kappa shape index (κ2) is 5.92. The van der Waals surface area contributed by atoms with Gasteiger partial charge in [-0.05, 0) is 30.3 Å². The zero-order valence-corrected chi connectivity index (χ0v) is 13.9. The highest BCUT2D eigenvalue weighted by Crippen LogP contribution is 2.39. The molecule has 8 heteroatoms. The molecular formula is C16H11ClN4O2S. The van der Waals surface area contributed by atoms with Crippen LogP contribution in [0.1, 0.15) is 5.69 Å². The molecule has 0 aliphatic carbocycles. The molecule has 1 aromatic heterocycles. The maximum atomic E-state index is 10.8. The van der Waals surface area contributed by atoms with Crippen molar-refractivity contribution in [2.45, 2.75) is 11.3 Å². The average molecular weight is 359 g/mol. The summed E-state index contributed by atoms with van der Waals surface area (Å²) in [6, 6.07) is 12.1. The van der Waals surface area contributed by atoms with Gasteiger partial charge in [0, 0.05) is 39.8 Å². The summed E-state index contributed by atoms with van der Waals surface area (Å²) in [7, 11) is 0. The molecule has 2 aromatic carbocycles. The third kappa shape index (κ3) is 2.55. The Kier molecular flexibility index (Phi) is 3.74. The van der Waals surface area contributed by atoms with Crippen molar-refractivity contribution in [1.82, 2.24) is 15.0 Å². The number of thioether (sulfide) groups is 1. The zero-order valence-electron chi connectivity index (χ0n) is 12.3. The topological polar surface area (TPSA) is 73.8 Å². The van der Waals surface area contributed by atoms with E-state index in [0.717, 1.165) is 39.7 Å². The molecular weight excluding hydrogens is 348 g/mol. The highest BCUT2D eigenvalue weighted by molar-refractivity contribution is 7.99. The quantitative estimate of drug-likeness (QED) is 0.508. The van der Waals surface area contributed by atoms with Gasteiger partial charge in [-0.2, -0.15) is 0 Å². The molecule has 0 fully saturated rings. The van der Waals surface area contributed by atoms with E-state index in [1.54, 1.807) is 28.6 Å². The Morgan fingerprint density at radius 2 is 2.00 bits per heavy atom. The fourth-order valence-corrected chi connectivity index (χ4v) is 3.88. The number of halogens is 1. The van der Waals surface area contributed by atoms with Gasteiger partial charge in [0.2, 0.25) is 0 Å². The highest BCUT2D eigenvalue weighted by atomic mass is 35.5. The van der Waals surface area contributed by atoms with Gasteiger partial charge in [-0.1, -0.05) is 16.8 Å². The molecule has 0 N–H and O–H groups in total. The van der Waals surface area contributed by atoms with Crippen molar-refractivity contribution in [1.29, 1.82) is 0 Å². The minimum atomic E-state index is -0.419. The summed E-state index contributed by atoms with van der Waals surface area (Å²) in [5.74, 6) is 0.917. The van der Waals surface area contributed by atoms with Gasteiger partial charge in [-0.3, -0.25) is 10.1 Å². The van der Waals surface area contributed by atoms with Crippen LogP contribution in [0, 0.1) is 10.1 Å². The van der Waals surface area contributed by atoms with Crippen molar-refractivity contribution in [3.63, 3.8) is 0 Å². The van der Waals surface area contributed by atoms with Crippen LogP contribution in [0.4, 0.5) is 5.69 Å². The maximum Gasteiger partial charge on any atom is 0.269 e. The molecule has 0 saturated carbocycles. The van der Waals surface area contributed by atoms with Crippen LogP contribution in [0.5, 0.6) is 0 Å². The summed E-state index contributed by atoms with van der Waals surface area (Å²) in [5, 5.41) is 20.0. The molecule has 1 aliphatic rings. The Morgan fingerprint density at radius 3 is 2.75 bits per heavy atom. The van der Waals surface area contributed by atoms with Gasteiger partial charge in [-0.25, -0.2) is 4.68 Å². The number of hydrogen-bond donors (Lipinski definition) is 0. The minimum Gasteiger partial charge on any atom is -0.258 e. The molecule has 0 unspecified atom stereocenters. The van der Waals surface area contributed by atoms with Crippen LogP contribution in [0.15, 0.2) is 47.4 Å². The predicted molar refractivity (Wildman–Crippen MR) is 92.9 cm³/mol. The molecule has 1 aliphatic heterocycles. The average Bonchev–Trinajstić information content (AvgIpc) is 2.92. The lowest BCUT2D eigenvalue weighted by molar-refractivity contribution is -0.384. The van der Waals surface area contributed by atoms with Gasteiger partial charge in [0.15, 0.2) is 0 Å². The standard InChI is InChI=1S/C16H11ClN4O2S/c17-10-1-6-15-13(9-10)16-14(7-8-24-15)18-19-20(16)11-2-4-12(5-3-11)21(22)23/h1-6,9H,7-8H2. The Labute approximate surface area is 146 Å². The summed E-state index contributed by atoms with van der Waals surface area (Å²) >= 11 is 7.94.